The van der Waals surface area contributed by atoms with Gasteiger partial charge in [0.25, 0.3) is 0 Å². The third-order valence-electron chi connectivity index (χ3n) is 2.63. The van der Waals surface area contributed by atoms with Crippen molar-refractivity contribution in [2.24, 2.45) is 0 Å². The fraction of sp³-hybridized carbons (Fsp3) is 0.500. The molecule has 14 heavy (non-hydrogen) atoms. The molecule has 2 rings (SSSR count). The van der Waals surface area contributed by atoms with Gasteiger partial charge in [0, 0.05) is 10.7 Å². The molecule has 76 valence electrons. The Morgan fingerprint density at radius 2 is 2.14 bits per heavy atom. The lowest BCUT2D eigenvalue weighted by Gasteiger charge is -2.23. The predicted octanol–water partition coefficient (Wildman–Crippen LogP) is 2.96. The van der Waals surface area contributed by atoms with Crippen molar-refractivity contribution in [2.45, 2.75) is 18.8 Å². The van der Waals surface area contributed by atoms with E-state index in [-0.39, 0.29) is 0 Å². The van der Waals surface area contributed by atoms with Gasteiger partial charge in [-0.1, -0.05) is 11.6 Å². The van der Waals surface area contributed by atoms with Gasteiger partial charge in [0.2, 0.25) is 0 Å². The maximum Gasteiger partial charge on any atom is 0.129 e. The molecule has 0 aliphatic carbocycles. The Morgan fingerprint density at radius 3 is 2.86 bits per heavy atom. The van der Waals surface area contributed by atoms with Gasteiger partial charge in [-0.2, -0.15) is 0 Å². The highest BCUT2D eigenvalue weighted by atomic mass is 79.9. The molecule has 0 amide bonds. The van der Waals surface area contributed by atoms with Crippen molar-refractivity contribution < 1.29 is 0 Å². The summed E-state index contributed by atoms with van der Waals surface area (Å²) in [6, 6.07) is 1.97. The molecule has 1 N–H and O–H groups in total. The smallest absolute Gasteiger partial charge is 0.129 e. The minimum absolute atomic E-state index is 0.585. The van der Waals surface area contributed by atoms with Crippen LogP contribution < -0.4 is 5.32 Å². The van der Waals surface area contributed by atoms with Crippen LogP contribution in [-0.4, -0.2) is 18.1 Å². The Balaban J connectivity index is 2.24. The first-order valence-electron chi connectivity index (χ1n) is 4.79. The molecule has 1 aromatic heterocycles. The van der Waals surface area contributed by atoms with Gasteiger partial charge in [0.1, 0.15) is 5.15 Å². The lowest BCUT2D eigenvalue weighted by atomic mass is 9.91. The summed E-state index contributed by atoms with van der Waals surface area (Å²) in [6.45, 7) is 2.19. The maximum atomic E-state index is 5.89. The summed E-state index contributed by atoms with van der Waals surface area (Å²) in [6.07, 6.45) is 4.15. The van der Waals surface area contributed by atoms with Gasteiger partial charge in [-0.05, 0) is 59.4 Å². The van der Waals surface area contributed by atoms with E-state index in [4.69, 9.17) is 11.6 Å². The third kappa shape index (κ3) is 2.27. The van der Waals surface area contributed by atoms with Crippen LogP contribution in [0.25, 0.3) is 0 Å². The molecule has 2 heterocycles. The molecule has 1 aromatic rings. The molecule has 0 radical (unpaired) electrons. The van der Waals surface area contributed by atoms with E-state index in [1.807, 2.05) is 6.07 Å². The quantitative estimate of drug-likeness (QED) is 0.797. The zero-order chi connectivity index (χ0) is 9.97. The fourth-order valence-corrected chi connectivity index (χ4v) is 2.58. The molecular formula is C10H12BrClN2. The second-order valence-corrected chi connectivity index (χ2v) is 4.79. The molecule has 1 fully saturated rings. The van der Waals surface area contributed by atoms with E-state index in [0.717, 1.165) is 17.6 Å². The summed E-state index contributed by atoms with van der Waals surface area (Å²) < 4.78 is 1.08. The van der Waals surface area contributed by atoms with Crippen LogP contribution in [0.4, 0.5) is 0 Å². The summed E-state index contributed by atoms with van der Waals surface area (Å²) in [7, 11) is 0. The number of halogens is 2. The highest BCUT2D eigenvalue weighted by molar-refractivity contribution is 9.10. The topological polar surface area (TPSA) is 24.9 Å². The maximum absolute atomic E-state index is 5.89. The lowest BCUT2D eigenvalue weighted by molar-refractivity contribution is 0.459. The second kappa shape index (κ2) is 4.60. The van der Waals surface area contributed by atoms with E-state index < -0.39 is 0 Å². The van der Waals surface area contributed by atoms with Crippen molar-refractivity contribution in [2.75, 3.05) is 13.1 Å². The van der Waals surface area contributed by atoms with Crippen LogP contribution in [0.15, 0.2) is 16.7 Å². The Labute approximate surface area is 97.2 Å². The molecule has 0 aromatic carbocycles. The van der Waals surface area contributed by atoms with E-state index in [1.54, 1.807) is 6.20 Å². The van der Waals surface area contributed by atoms with Crippen molar-refractivity contribution in [1.29, 1.82) is 0 Å². The fourth-order valence-electron chi connectivity index (χ4n) is 1.87. The normalized spacial score (nSPS) is 18.4. The van der Waals surface area contributed by atoms with E-state index in [9.17, 15) is 0 Å². The summed E-state index contributed by atoms with van der Waals surface area (Å²) in [4.78, 5) is 4.04. The van der Waals surface area contributed by atoms with Crippen molar-refractivity contribution in [3.63, 3.8) is 0 Å². The van der Waals surface area contributed by atoms with Gasteiger partial charge in [-0.15, -0.1) is 0 Å². The van der Waals surface area contributed by atoms with Crippen LogP contribution in [-0.2, 0) is 0 Å². The lowest BCUT2D eigenvalue weighted by Crippen LogP contribution is -2.26. The van der Waals surface area contributed by atoms with Crippen molar-refractivity contribution in [3.05, 3.63) is 27.5 Å². The Hall–Kier alpha value is -0.120. The van der Waals surface area contributed by atoms with Gasteiger partial charge in [0.05, 0.1) is 0 Å². The summed E-state index contributed by atoms with van der Waals surface area (Å²) >= 11 is 9.41. The largest absolute Gasteiger partial charge is 0.317 e. The van der Waals surface area contributed by atoms with Gasteiger partial charge in [-0.3, -0.25) is 0 Å². The summed E-state index contributed by atoms with van der Waals surface area (Å²) in [5, 5.41) is 3.94. The average molecular weight is 276 g/mol. The summed E-state index contributed by atoms with van der Waals surface area (Å²) in [5.74, 6) is 0.617. The third-order valence-corrected chi connectivity index (χ3v) is 3.50. The molecule has 1 aliphatic rings. The molecule has 2 nitrogen and oxygen atoms in total. The first-order chi connectivity index (χ1) is 6.77. The number of hydrogen-bond acceptors (Lipinski definition) is 2. The first kappa shape index (κ1) is 10.4. The van der Waals surface area contributed by atoms with E-state index in [1.165, 1.54) is 18.4 Å². The molecule has 0 bridgehead atoms. The molecular weight excluding hydrogens is 263 g/mol. The number of hydrogen-bond donors (Lipinski definition) is 1. The van der Waals surface area contributed by atoms with Crippen LogP contribution >= 0.6 is 27.5 Å². The van der Waals surface area contributed by atoms with Gasteiger partial charge < -0.3 is 5.32 Å². The molecule has 1 aliphatic heterocycles. The number of rotatable bonds is 1. The van der Waals surface area contributed by atoms with Crippen molar-refractivity contribution in [1.82, 2.24) is 10.3 Å². The molecule has 4 heteroatoms. The zero-order valence-electron chi connectivity index (χ0n) is 7.76. The van der Waals surface area contributed by atoms with Crippen molar-refractivity contribution >= 4 is 27.5 Å². The van der Waals surface area contributed by atoms with Gasteiger partial charge in [-0.25, -0.2) is 4.98 Å². The molecule has 0 atom stereocenters. The highest BCUT2D eigenvalue weighted by Crippen LogP contribution is 2.31. The minimum Gasteiger partial charge on any atom is -0.317 e. The molecule has 0 spiro atoms. The first-order valence-corrected chi connectivity index (χ1v) is 5.96. The van der Waals surface area contributed by atoms with E-state index in [2.05, 4.69) is 26.2 Å². The standard InChI is InChI=1S/C10H12BrClN2/c11-9-6-14-10(12)5-8(9)7-1-3-13-4-2-7/h5-7,13H,1-4H2. The molecule has 1 saturated heterocycles. The van der Waals surface area contributed by atoms with E-state index in [0.29, 0.717) is 11.1 Å². The van der Waals surface area contributed by atoms with Gasteiger partial charge in [0.15, 0.2) is 0 Å². The number of aromatic nitrogens is 1. The Kier molecular flexibility index (Phi) is 3.42. The van der Waals surface area contributed by atoms with Crippen LogP contribution in [0.3, 0.4) is 0 Å². The molecule has 0 saturated carbocycles. The van der Waals surface area contributed by atoms with Gasteiger partial charge >= 0.3 is 0 Å². The number of nitrogens with one attached hydrogen (secondary N) is 1. The molecule has 0 unspecified atom stereocenters. The van der Waals surface area contributed by atoms with Crippen LogP contribution in [0.1, 0.15) is 24.3 Å². The zero-order valence-corrected chi connectivity index (χ0v) is 10.1. The Morgan fingerprint density at radius 1 is 1.43 bits per heavy atom. The monoisotopic (exact) mass is 274 g/mol. The summed E-state index contributed by atoms with van der Waals surface area (Å²) in [5.41, 5.74) is 1.30. The van der Waals surface area contributed by atoms with Crippen LogP contribution in [0.5, 0.6) is 0 Å². The second-order valence-electron chi connectivity index (χ2n) is 3.55. The average Bonchev–Trinajstić information content (AvgIpc) is 2.23. The number of pyridine rings is 1. The predicted molar refractivity (Wildman–Crippen MR) is 61.8 cm³/mol. The Bertz CT molecular complexity index is 324. The van der Waals surface area contributed by atoms with Crippen LogP contribution in [0.2, 0.25) is 5.15 Å². The van der Waals surface area contributed by atoms with Crippen LogP contribution in [0, 0.1) is 0 Å². The minimum atomic E-state index is 0.585. The number of piperidine rings is 1. The SMILES string of the molecule is Clc1cc(C2CCNCC2)c(Br)cn1. The number of nitrogens with zero attached hydrogens (tertiary/aromatic N) is 1. The van der Waals surface area contributed by atoms with Crippen molar-refractivity contribution in [3.8, 4) is 0 Å². The highest BCUT2D eigenvalue weighted by Gasteiger charge is 2.17. The van der Waals surface area contributed by atoms with E-state index >= 15 is 0 Å².